The molecule has 1 aromatic carbocycles. The number of hydrogen-bond acceptors (Lipinski definition) is 2. The van der Waals surface area contributed by atoms with Gasteiger partial charge < -0.3 is 4.90 Å². The van der Waals surface area contributed by atoms with Crippen LogP contribution in [-0.2, 0) is 23.9 Å². The van der Waals surface area contributed by atoms with Crippen LogP contribution in [0.25, 0.3) is 0 Å². The second-order valence-electron chi connectivity index (χ2n) is 6.08. The van der Waals surface area contributed by atoms with Gasteiger partial charge in [-0.2, -0.15) is 24.5 Å². The van der Waals surface area contributed by atoms with Gasteiger partial charge in [-0.05, 0) is 59.3 Å². The number of benzene rings is 1. The molecule has 1 aliphatic rings. The van der Waals surface area contributed by atoms with E-state index in [1.54, 1.807) is 11.3 Å². The third-order valence-electron chi connectivity index (χ3n) is 4.15. The molecule has 128 valence electrons. The van der Waals surface area contributed by atoms with E-state index in [1.807, 2.05) is 21.7 Å². The van der Waals surface area contributed by atoms with Gasteiger partial charge in [-0.25, -0.2) is 0 Å². The molecule has 0 radical (unpaired) electrons. The molecule has 1 heterocycles. The van der Waals surface area contributed by atoms with Gasteiger partial charge in [0.2, 0.25) is 5.91 Å². The van der Waals surface area contributed by atoms with Crippen LogP contribution in [0, 0.1) is 0 Å². The van der Waals surface area contributed by atoms with Gasteiger partial charge in [0.05, 0.1) is 5.56 Å². The molecule has 0 spiro atoms. The highest BCUT2D eigenvalue weighted by Crippen LogP contribution is 2.31. The third-order valence-corrected chi connectivity index (χ3v) is 4.88. The molecule has 1 saturated carbocycles. The Bertz CT molecular complexity index is 675. The summed E-state index contributed by atoms with van der Waals surface area (Å²) in [6, 6.07) is 7.40. The van der Waals surface area contributed by atoms with Gasteiger partial charge in [0.15, 0.2) is 0 Å². The molecule has 1 fully saturated rings. The van der Waals surface area contributed by atoms with E-state index in [4.69, 9.17) is 0 Å². The van der Waals surface area contributed by atoms with Crippen molar-refractivity contribution < 1.29 is 18.0 Å². The SMILES string of the molecule is O=C(CCc1ccc(C(F)(F)F)cc1)N(Cc1ccsc1)C1CC1. The van der Waals surface area contributed by atoms with E-state index in [-0.39, 0.29) is 5.91 Å². The quantitative estimate of drug-likeness (QED) is 0.724. The molecule has 0 N–H and O–H groups in total. The lowest BCUT2D eigenvalue weighted by Gasteiger charge is -2.22. The summed E-state index contributed by atoms with van der Waals surface area (Å²) in [5, 5.41) is 4.03. The summed E-state index contributed by atoms with van der Waals surface area (Å²) in [5.41, 5.74) is 1.23. The topological polar surface area (TPSA) is 20.3 Å². The Morgan fingerprint density at radius 3 is 2.38 bits per heavy atom. The number of halogens is 3. The van der Waals surface area contributed by atoms with Crippen LogP contribution < -0.4 is 0 Å². The molecule has 2 aromatic rings. The molecular weight excluding hydrogens is 335 g/mol. The van der Waals surface area contributed by atoms with Gasteiger partial charge in [0.1, 0.15) is 0 Å². The molecular formula is C18H18F3NOS. The van der Waals surface area contributed by atoms with Crippen molar-refractivity contribution in [1.29, 1.82) is 0 Å². The third kappa shape index (κ3) is 4.38. The van der Waals surface area contributed by atoms with Crippen LogP contribution in [0.2, 0.25) is 0 Å². The molecule has 6 heteroatoms. The molecule has 3 rings (SSSR count). The highest BCUT2D eigenvalue weighted by atomic mass is 32.1. The Morgan fingerprint density at radius 1 is 1.12 bits per heavy atom. The highest BCUT2D eigenvalue weighted by Gasteiger charge is 2.32. The van der Waals surface area contributed by atoms with Crippen LogP contribution in [-0.4, -0.2) is 16.8 Å². The van der Waals surface area contributed by atoms with Crippen LogP contribution in [0.3, 0.4) is 0 Å². The average molecular weight is 353 g/mol. The fourth-order valence-electron chi connectivity index (χ4n) is 2.64. The second kappa shape index (κ2) is 6.97. The fourth-order valence-corrected chi connectivity index (χ4v) is 3.30. The zero-order valence-corrected chi connectivity index (χ0v) is 13.9. The largest absolute Gasteiger partial charge is 0.416 e. The smallest absolute Gasteiger partial charge is 0.335 e. The van der Waals surface area contributed by atoms with E-state index in [1.165, 1.54) is 12.1 Å². The number of nitrogens with zero attached hydrogens (tertiary/aromatic N) is 1. The molecule has 1 aromatic heterocycles. The van der Waals surface area contributed by atoms with Crippen LogP contribution in [0.15, 0.2) is 41.1 Å². The van der Waals surface area contributed by atoms with E-state index in [2.05, 4.69) is 0 Å². The first-order valence-corrected chi connectivity index (χ1v) is 8.84. The second-order valence-corrected chi connectivity index (χ2v) is 6.86. The number of alkyl halides is 3. The molecule has 0 aliphatic heterocycles. The van der Waals surface area contributed by atoms with E-state index >= 15 is 0 Å². The zero-order chi connectivity index (χ0) is 17.2. The first-order chi connectivity index (χ1) is 11.4. The Kier molecular flexibility index (Phi) is 4.94. The molecule has 0 bridgehead atoms. The lowest BCUT2D eigenvalue weighted by atomic mass is 10.1. The number of hydrogen-bond donors (Lipinski definition) is 0. The van der Waals surface area contributed by atoms with Crippen molar-refractivity contribution in [3.63, 3.8) is 0 Å². The van der Waals surface area contributed by atoms with Crippen LogP contribution in [0.4, 0.5) is 13.2 Å². The molecule has 2 nitrogen and oxygen atoms in total. The monoisotopic (exact) mass is 353 g/mol. The standard InChI is InChI=1S/C18H18F3NOS/c19-18(20,21)15-4-1-13(2-5-15)3-8-17(23)22(16-6-7-16)11-14-9-10-24-12-14/h1-2,4-5,9-10,12,16H,3,6-8,11H2. The van der Waals surface area contributed by atoms with Crippen molar-refractivity contribution in [2.75, 3.05) is 0 Å². The van der Waals surface area contributed by atoms with Gasteiger partial charge in [-0.1, -0.05) is 12.1 Å². The summed E-state index contributed by atoms with van der Waals surface area (Å²) in [7, 11) is 0. The molecule has 24 heavy (non-hydrogen) atoms. The van der Waals surface area contributed by atoms with Crippen molar-refractivity contribution in [3.05, 3.63) is 57.8 Å². The fraction of sp³-hybridized carbons (Fsp3) is 0.389. The first-order valence-electron chi connectivity index (χ1n) is 7.90. The minimum absolute atomic E-state index is 0.0728. The average Bonchev–Trinajstić information content (AvgIpc) is 3.26. The summed E-state index contributed by atoms with van der Waals surface area (Å²) < 4.78 is 37.7. The van der Waals surface area contributed by atoms with Crippen molar-refractivity contribution in [2.45, 2.75) is 44.4 Å². The Labute approximate surface area is 142 Å². The minimum Gasteiger partial charge on any atom is -0.335 e. The maximum absolute atomic E-state index is 12.6. The number of aryl methyl sites for hydroxylation is 1. The van der Waals surface area contributed by atoms with E-state index in [0.29, 0.717) is 25.4 Å². The van der Waals surface area contributed by atoms with Crippen molar-refractivity contribution in [2.24, 2.45) is 0 Å². The maximum Gasteiger partial charge on any atom is 0.416 e. The molecule has 0 saturated heterocycles. The number of carbonyl (C=O) groups is 1. The Morgan fingerprint density at radius 2 is 1.83 bits per heavy atom. The Balaban J connectivity index is 1.57. The summed E-state index contributed by atoms with van der Waals surface area (Å²) >= 11 is 1.61. The van der Waals surface area contributed by atoms with Crippen molar-refractivity contribution in [3.8, 4) is 0 Å². The van der Waals surface area contributed by atoms with E-state index in [9.17, 15) is 18.0 Å². The summed E-state index contributed by atoms with van der Waals surface area (Å²) in [4.78, 5) is 14.4. The summed E-state index contributed by atoms with van der Waals surface area (Å²) in [5.74, 6) is 0.0728. The molecule has 0 atom stereocenters. The first kappa shape index (κ1) is 17.0. The van der Waals surface area contributed by atoms with Crippen LogP contribution in [0.5, 0.6) is 0 Å². The van der Waals surface area contributed by atoms with Crippen molar-refractivity contribution >= 4 is 17.2 Å². The molecule has 0 unspecified atom stereocenters. The summed E-state index contributed by atoms with van der Waals surface area (Å²) in [6.45, 7) is 0.625. The van der Waals surface area contributed by atoms with Crippen LogP contribution >= 0.6 is 11.3 Å². The van der Waals surface area contributed by atoms with E-state index in [0.717, 1.165) is 36.1 Å². The molecule has 1 aliphatic carbocycles. The highest BCUT2D eigenvalue weighted by molar-refractivity contribution is 7.07. The van der Waals surface area contributed by atoms with Gasteiger partial charge in [-0.3, -0.25) is 4.79 Å². The van der Waals surface area contributed by atoms with Gasteiger partial charge >= 0.3 is 6.18 Å². The number of thiophene rings is 1. The molecule has 1 amide bonds. The van der Waals surface area contributed by atoms with Gasteiger partial charge in [-0.15, -0.1) is 0 Å². The van der Waals surface area contributed by atoms with Gasteiger partial charge in [0.25, 0.3) is 0 Å². The minimum atomic E-state index is -4.32. The predicted octanol–water partition coefficient (Wildman–Crippen LogP) is 4.89. The lowest BCUT2D eigenvalue weighted by molar-refractivity contribution is -0.137. The normalized spacial score (nSPS) is 14.6. The number of amides is 1. The van der Waals surface area contributed by atoms with Gasteiger partial charge in [0, 0.05) is 19.0 Å². The lowest BCUT2D eigenvalue weighted by Crippen LogP contribution is -2.32. The number of rotatable bonds is 6. The number of carbonyl (C=O) groups excluding carboxylic acids is 1. The maximum atomic E-state index is 12.6. The van der Waals surface area contributed by atoms with E-state index < -0.39 is 11.7 Å². The van der Waals surface area contributed by atoms with Crippen LogP contribution in [0.1, 0.15) is 36.0 Å². The Hall–Kier alpha value is -1.82. The summed E-state index contributed by atoms with van der Waals surface area (Å²) in [6.07, 6.45) is -1.46. The zero-order valence-electron chi connectivity index (χ0n) is 13.1. The van der Waals surface area contributed by atoms with Crippen molar-refractivity contribution in [1.82, 2.24) is 4.90 Å². The predicted molar refractivity (Wildman–Crippen MR) is 87.7 cm³/mol.